The smallest absolute Gasteiger partial charge is 0.321 e. The van der Waals surface area contributed by atoms with E-state index < -0.39 is 12.0 Å². The van der Waals surface area contributed by atoms with Crippen molar-refractivity contribution in [2.24, 2.45) is 11.7 Å². The zero-order valence-electron chi connectivity index (χ0n) is 10.1. The number of rotatable bonds is 5. The molecule has 6 nitrogen and oxygen atoms in total. The van der Waals surface area contributed by atoms with E-state index in [4.69, 9.17) is 15.6 Å². The third-order valence-corrected chi connectivity index (χ3v) is 3.01. The molecule has 3 N–H and O–H groups in total. The molecule has 1 amide bonds. The number of carboxylic acids is 1. The van der Waals surface area contributed by atoms with E-state index in [2.05, 4.69) is 0 Å². The molecule has 17 heavy (non-hydrogen) atoms. The van der Waals surface area contributed by atoms with E-state index in [9.17, 15) is 9.59 Å². The number of ether oxygens (including phenoxy) is 1. The predicted molar refractivity (Wildman–Crippen MR) is 61.4 cm³/mol. The van der Waals surface area contributed by atoms with Gasteiger partial charge in [0.1, 0.15) is 6.04 Å². The Bertz CT molecular complexity index is 277. The molecule has 0 unspecified atom stereocenters. The molecule has 0 aromatic carbocycles. The zero-order valence-corrected chi connectivity index (χ0v) is 10.1. The van der Waals surface area contributed by atoms with Gasteiger partial charge in [-0.2, -0.15) is 0 Å². The lowest BCUT2D eigenvalue weighted by Gasteiger charge is -2.27. The summed E-state index contributed by atoms with van der Waals surface area (Å²) in [7, 11) is 1.69. The Morgan fingerprint density at radius 2 is 2.06 bits per heavy atom. The molecule has 0 aromatic rings. The standard InChI is InChI=1S/C11H20N2O4/c1-13(7-8-2-4-17-5-3-8)10(14)6-9(12)11(15)16/h8-9H,2-7,12H2,1H3,(H,15,16)/t9-/m0/s1. The quantitative estimate of drug-likeness (QED) is 0.691. The van der Waals surface area contributed by atoms with Crippen LogP contribution in [-0.4, -0.2) is 54.7 Å². The zero-order chi connectivity index (χ0) is 12.8. The molecular weight excluding hydrogens is 224 g/mol. The van der Waals surface area contributed by atoms with Gasteiger partial charge in [-0.3, -0.25) is 9.59 Å². The Hall–Kier alpha value is -1.14. The van der Waals surface area contributed by atoms with Gasteiger partial charge in [-0.05, 0) is 18.8 Å². The average Bonchev–Trinajstić information content (AvgIpc) is 2.29. The second-order valence-corrected chi connectivity index (χ2v) is 4.48. The van der Waals surface area contributed by atoms with Crippen LogP contribution in [0.1, 0.15) is 19.3 Å². The Kier molecular flexibility index (Phi) is 5.37. The Labute approximate surface area is 101 Å². The van der Waals surface area contributed by atoms with E-state index in [0.717, 1.165) is 26.1 Å². The highest BCUT2D eigenvalue weighted by Crippen LogP contribution is 2.15. The lowest BCUT2D eigenvalue weighted by molar-refractivity contribution is -0.142. The van der Waals surface area contributed by atoms with Crippen molar-refractivity contribution in [1.29, 1.82) is 0 Å². The third-order valence-electron chi connectivity index (χ3n) is 3.01. The molecule has 1 aliphatic heterocycles. The molecule has 0 spiro atoms. The van der Waals surface area contributed by atoms with Crippen LogP contribution in [0.3, 0.4) is 0 Å². The van der Waals surface area contributed by atoms with Crippen LogP contribution in [0.25, 0.3) is 0 Å². The maximum atomic E-state index is 11.7. The number of carboxylic acid groups (broad SMARTS) is 1. The molecule has 1 fully saturated rings. The van der Waals surface area contributed by atoms with Gasteiger partial charge in [0.25, 0.3) is 0 Å². The largest absolute Gasteiger partial charge is 0.480 e. The van der Waals surface area contributed by atoms with Crippen molar-refractivity contribution in [1.82, 2.24) is 4.90 Å². The van der Waals surface area contributed by atoms with Gasteiger partial charge < -0.3 is 20.5 Å². The predicted octanol–water partition coefficient (Wildman–Crippen LogP) is -0.327. The minimum absolute atomic E-state index is 0.144. The molecule has 0 aromatic heterocycles. The summed E-state index contributed by atoms with van der Waals surface area (Å²) >= 11 is 0. The Balaban J connectivity index is 2.33. The number of aliphatic carboxylic acids is 1. The van der Waals surface area contributed by atoms with Crippen LogP contribution in [0.15, 0.2) is 0 Å². The molecule has 0 saturated carbocycles. The number of amides is 1. The summed E-state index contributed by atoms with van der Waals surface area (Å²) in [5, 5.41) is 8.62. The minimum Gasteiger partial charge on any atom is -0.480 e. The second-order valence-electron chi connectivity index (χ2n) is 4.48. The van der Waals surface area contributed by atoms with E-state index in [1.54, 1.807) is 11.9 Å². The first kappa shape index (κ1) is 13.9. The SMILES string of the molecule is CN(CC1CCOCC1)C(=O)C[C@H](N)C(=O)O. The van der Waals surface area contributed by atoms with E-state index in [1.165, 1.54) is 0 Å². The average molecular weight is 244 g/mol. The fourth-order valence-electron chi connectivity index (χ4n) is 1.85. The molecule has 1 rings (SSSR count). The van der Waals surface area contributed by atoms with Crippen molar-refractivity contribution < 1.29 is 19.4 Å². The lowest BCUT2D eigenvalue weighted by atomic mass is 9.99. The van der Waals surface area contributed by atoms with Crippen molar-refractivity contribution in [3.05, 3.63) is 0 Å². The highest BCUT2D eigenvalue weighted by molar-refractivity contribution is 5.84. The molecule has 1 aliphatic rings. The topological polar surface area (TPSA) is 92.9 Å². The van der Waals surface area contributed by atoms with E-state index in [-0.39, 0.29) is 12.3 Å². The molecule has 0 radical (unpaired) electrons. The van der Waals surface area contributed by atoms with Gasteiger partial charge >= 0.3 is 5.97 Å². The lowest BCUT2D eigenvalue weighted by Crippen LogP contribution is -2.40. The van der Waals surface area contributed by atoms with Gasteiger partial charge in [-0.25, -0.2) is 0 Å². The van der Waals surface area contributed by atoms with Gasteiger partial charge in [0.15, 0.2) is 0 Å². The van der Waals surface area contributed by atoms with Crippen molar-refractivity contribution in [2.75, 3.05) is 26.8 Å². The van der Waals surface area contributed by atoms with Crippen LogP contribution in [0.5, 0.6) is 0 Å². The number of hydrogen-bond donors (Lipinski definition) is 2. The molecule has 6 heteroatoms. The summed E-state index contributed by atoms with van der Waals surface area (Å²) in [5.74, 6) is -0.914. The van der Waals surface area contributed by atoms with E-state index >= 15 is 0 Å². The molecule has 0 bridgehead atoms. The maximum absolute atomic E-state index is 11.7. The summed E-state index contributed by atoms with van der Waals surface area (Å²) < 4.78 is 5.24. The molecule has 1 saturated heterocycles. The number of carbonyl (C=O) groups excluding carboxylic acids is 1. The maximum Gasteiger partial charge on any atom is 0.321 e. The highest BCUT2D eigenvalue weighted by Gasteiger charge is 2.22. The van der Waals surface area contributed by atoms with E-state index in [0.29, 0.717) is 12.5 Å². The van der Waals surface area contributed by atoms with Crippen LogP contribution in [-0.2, 0) is 14.3 Å². The van der Waals surface area contributed by atoms with Crippen molar-refractivity contribution >= 4 is 11.9 Å². The van der Waals surface area contributed by atoms with Crippen LogP contribution in [0.2, 0.25) is 0 Å². The van der Waals surface area contributed by atoms with Crippen LogP contribution < -0.4 is 5.73 Å². The van der Waals surface area contributed by atoms with Gasteiger partial charge in [-0.1, -0.05) is 0 Å². The fourth-order valence-corrected chi connectivity index (χ4v) is 1.85. The number of hydrogen-bond acceptors (Lipinski definition) is 4. The van der Waals surface area contributed by atoms with Crippen LogP contribution >= 0.6 is 0 Å². The minimum atomic E-state index is -1.14. The second kappa shape index (κ2) is 6.56. The molecular formula is C11H20N2O4. The van der Waals surface area contributed by atoms with Gasteiger partial charge in [0.2, 0.25) is 5.91 Å². The molecule has 1 atom stereocenters. The third kappa shape index (κ3) is 4.70. The summed E-state index contributed by atoms with van der Waals surface area (Å²) in [6.07, 6.45) is 1.75. The fraction of sp³-hybridized carbons (Fsp3) is 0.818. The van der Waals surface area contributed by atoms with Crippen molar-refractivity contribution in [2.45, 2.75) is 25.3 Å². The van der Waals surface area contributed by atoms with E-state index in [1.807, 2.05) is 0 Å². The normalized spacial score (nSPS) is 18.7. The summed E-state index contributed by atoms with van der Waals surface area (Å²) in [6.45, 7) is 2.12. The Morgan fingerprint density at radius 1 is 1.47 bits per heavy atom. The first-order chi connectivity index (χ1) is 8.00. The van der Waals surface area contributed by atoms with Crippen molar-refractivity contribution in [3.63, 3.8) is 0 Å². The first-order valence-corrected chi connectivity index (χ1v) is 5.80. The summed E-state index contributed by atoms with van der Waals surface area (Å²) in [4.78, 5) is 23.8. The monoisotopic (exact) mass is 244 g/mol. The molecule has 98 valence electrons. The molecule has 1 heterocycles. The van der Waals surface area contributed by atoms with Gasteiger partial charge in [0.05, 0.1) is 6.42 Å². The van der Waals surface area contributed by atoms with Crippen LogP contribution in [0.4, 0.5) is 0 Å². The molecule has 0 aliphatic carbocycles. The van der Waals surface area contributed by atoms with Gasteiger partial charge in [-0.15, -0.1) is 0 Å². The van der Waals surface area contributed by atoms with Crippen molar-refractivity contribution in [3.8, 4) is 0 Å². The Morgan fingerprint density at radius 3 is 2.59 bits per heavy atom. The first-order valence-electron chi connectivity index (χ1n) is 5.80. The number of nitrogens with zero attached hydrogens (tertiary/aromatic N) is 1. The van der Waals surface area contributed by atoms with Crippen LogP contribution in [0, 0.1) is 5.92 Å². The summed E-state index contributed by atoms with van der Waals surface area (Å²) in [6, 6.07) is -1.11. The van der Waals surface area contributed by atoms with Gasteiger partial charge in [0, 0.05) is 26.8 Å². The summed E-state index contributed by atoms with van der Waals surface area (Å²) in [5.41, 5.74) is 5.32. The number of nitrogens with two attached hydrogens (primary N) is 1. The highest BCUT2D eigenvalue weighted by atomic mass is 16.5. The number of carbonyl (C=O) groups is 2.